The molecule has 0 heterocycles. The molecule has 0 radical (unpaired) electrons. The van der Waals surface area contributed by atoms with E-state index in [1.807, 2.05) is 6.07 Å². The monoisotopic (exact) mass is 230 g/mol. The number of allylic oxidation sites excluding steroid dienone is 1. The van der Waals surface area contributed by atoms with Gasteiger partial charge in [0.15, 0.2) is 0 Å². The van der Waals surface area contributed by atoms with Gasteiger partial charge in [0, 0.05) is 5.41 Å². The summed E-state index contributed by atoms with van der Waals surface area (Å²) in [6, 6.07) is 10.5. The minimum absolute atomic E-state index is 0.0660. The van der Waals surface area contributed by atoms with Gasteiger partial charge in [-0.1, -0.05) is 64.1 Å². The normalized spacial score (nSPS) is 26.4. The van der Waals surface area contributed by atoms with Crippen molar-refractivity contribution in [2.24, 2.45) is 10.8 Å². The molecule has 0 aliphatic heterocycles. The van der Waals surface area contributed by atoms with Gasteiger partial charge in [0.25, 0.3) is 0 Å². The maximum atomic E-state index is 10.4. The minimum Gasteiger partial charge on any atom is -0.392 e. The molecule has 1 atom stereocenters. The molecule has 1 aliphatic rings. The molecule has 0 bridgehead atoms. The van der Waals surface area contributed by atoms with Crippen molar-refractivity contribution in [2.75, 3.05) is 0 Å². The van der Waals surface area contributed by atoms with Crippen LogP contribution in [0.25, 0.3) is 5.57 Å². The fourth-order valence-corrected chi connectivity index (χ4v) is 3.01. The fraction of sp³-hybridized carbons (Fsp3) is 0.500. The van der Waals surface area contributed by atoms with Crippen LogP contribution in [0.15, 0.2) is 36.4 Å². The van der Waals surface area contributed by atoms with E-state index >= 15 is 0 Å². The summed E-state index contributed by atoms with van der Waals surface area (Å²) < 4.78 is 0. The largest absolute Gasteiger partial charge is 0.392 e. The Bertz CT molecular complexity index is 426. The lowest BCUT2D eigenvalue weighted by atomic mass is 9.63. The predicted octanol–water partition coefficient (Wildman–Crippen LogP) is 3.89. The number of aliphatic hydroxyl groups excluding tert-OH is 1. The van der Waals surface area contributed by atoms with Crippen LogP contribution in [-0.2, 0) is 0 Å². The van der Waals surface area contributed by atoms with Crippen LogP contribution in [0.3, 0.4) is 0 Å². The van der Waals surface area contributed by atoms with Crippen molar-refractivity contribution in [3.05, 3.63) is 42.0 Å². The summed E-state index contributed by atoms with van der Waals surface area (Å²) in [5, 5.41) is 10.4. The van der Waals surface area contributed by atoms with Crippen molar-refractivity contribution in [3.63, 3.8) is 0 Å². The maximum absolute atomic E-state index is 10.4. The van der Waals surface area contributed by atoms with Crippen molar-refractivity contribution in [1.29, 1.82) is 0 Å². The molecule has 1 aromatic rings. The van der Waals surface area contributed by atoms with E-state index in [-0.39, 0.29) is 16.9 Å². The van der Waals surface area contributed by atoms with Crippen LogP contribution < -0.4 is 0 Å². The first-order valence-electron chi connectivity index (χ1n) is 6.28. The van der Waals surface area contributed by atoms with Crippen LogP contribution in [0.1, 0.15) is 39.7 Å². The van der Waals surface area contributed by atoms with Crippen LogP contribution in [0.2, 0.25) is 0 Å². The molecule has 92 valence electrons. The summed E-state index contributed by atoms with van der Waals surface area (Å²) in [5.41, 5.74) is 2.41. The highest BCUT2D eigenvalue weighted by molar-refractivity contribution is 5.68. The molecule has 0 saturated carbocycles. The Morgan fingerprint density at radius 1 is 1.06 bits per heavy atom. The summed E-state index contributed by atoms with van der Waals surface area (Å²) in [4.78, 5) is 0. The Morgan fingerprint density at radius 3 is 2.18 bits per heavy atom. The van der Waals surface area contributed by atoms with E-state index in [0.29, 0.717) is 0 Å². The Labute approximate surface area is 104 Å². The van der Waals surface area contributed by atoms with Crippen LogP contribution in [0, 0.1) is 10.8 Å². The van der Waals surface area contributed by atoms with Gasteiger partial charge in [-0.25, -0.2) is 0 Å². The third-order valence-electron chi connectivity index (χ3n) is 3.78. The summed E-state index contributed by atoms with van der Waals surface area (Å²) in [7, 11) is 0. The molecule has 1 heteroatoms. The van der Waals surface area contributed by atoms with E-state index in [2.05, 4.69) is 58.0 Å². The third-order valence-corrected chi connectivity index (χ3v) is 3.78. The van der Waals surface area contributed by atoms with E-state index in [4.69, 9.17) is 0 Å². The van der Waals surface area contributed by atoms with Crippen molar-refractivity contribution in [3.8, 4) is 0 Å². The smallest absolute Gasteiger partial charge is 0.0679 e. The maximum Gasteiger partial charge on any atom is 0.0679 e. The zero-order valence-electron chi connectivity index (χ0n) is 11.2. The molecule has 1 unspecified atom stereocenters. The highest BCUT2D eigenvalue weighted by Gasteiger charge is 2.42. The van der Waals surface area contributed by atoms with Gasteiger partial charge >= 0.3 is 0 Å². The molecule has 1 N–H and O–H groups in total. The molecular formula is C16H22O. The van der Waals surface area contributed by atoms with Crippen molar-refractivity contribution in [1.82, 2.24) is 0 Å². The van der Waals surface area contributed by atoms with Gasteiger partial charge in [-0.05, 0) is 23.0 Å². The fourth-order valence-electron chi connectivity index (χ4n) is 3.01. The molecule has 0 aromatic heterocycles. The van der Waals surface area contributed by atoms with Crippen LogP contribution >= 0.6 is 0 Å². The molecule has 0 spiro atoms. The van der Waals surface area contributed by atoms with Crippen molar-refractivity contribution < 1.29 is 5.11 Å². The zero-order chi connectivity index (χ0) is 12.7. The highest BCUT2D eigenvalue weighted by atomic mass is 16.3. The van der Waals surface area contributed by atoms with Gasteiger partial charge in [0.1, 0.15) is 0 Å². The number of hydrogen-bond acceptors (Lipinski definition) is 1. The van der Waals surface area contributed by atoms with Crippen molar-refractivity contribution in [2.45, 2.75) is 40.2 Å². The average Bonchev–Trinajstić information content (AvgIpc) is 2.26. The van der Waals surface area contributed by atoms with Crippen molar-refractivity contribution >= 4 is 5.57 Å². The van der Waals surface area contributed by atoms with Crippen LogP contribution in [0.4, 0.5) is 0 Å². The number of aliphatic hydroxyl groups is 1. The quantitative estimate of drug-likeness (QED) is 0.776. The number of rotatable bonds is 1. The van der Waals surface area contributed by atoms with Gasteiger partial charge in [-0.3, -0.25) is 0 Å². The topological polar surface area (TPSA) is 20.2 Å². The second-order valence-electron chi connectivity index (χ2n) is 6.42. The van der Waals surface area contributed by atoms with Crippen LogP contribution in [-0.4, -0.2) is 11.2 Å². The lowest BCUT2D eigenvalue weighted by molar-refractivity contribution is -0.0225. The molecule has 0 amide bonds. The van der Waals surface area contributed by atoms with Gasteiger partial charge in [0.2, 0.25) is 0 Å². The standard InChI is InChI=1S/C16H22O/c1-15(2)10-13(11-16(3,4)14(15)17)12-8-6-5-7-9-12/h5-10,14,17H,11H2,1-4H3. The first-order chi connectivity index (χ1) is 7.83. The first-order valence-corrected chi connectivity index (χ1v) is 6.28. The summed E-state index contributed by atoms with van der Waals surface area (Å²) in [6.45, 7) is 8.52. The van der Waals surface area contributed by atoms with E-state index in [1.54, 1.807) is 0 Å². The molecule has 17 heavy (non-hydrogen) atoms. The van der Waals surface area contributed by atoms with E-state index in [0.717, 1.165) is 6.42 Å². The zero-order valence-corrected chi connectivity index (χ0v) is 11.2. The third kappa shape index (κ3) is 2.30. The molecular weight excluding hydrogens is 208 g/mol. The molecule has 1 aliphatic carbocycles. The Balaban J connectivity index is 2.44. The number of benzene rings is 1. The Hall–Kier alpha value is -1.08. The molecule has 1 nitrogen and oxygen atoms in total. The SMILES string of the molecule is CC1(C)C=C(c2ccccc2)CC(C)(C)C1O. The van der Waals surface area contributed by atoms with E-state index in [1.165, 1.54) is 11.1 Å². The molecule has 1 aromatic carbocycles. The van der Waals surface area contributed by atoms with Gasteiger partial charge in [0.05, 0.1) is 6.10 Å². The predicted molar refractivity (Wildman–Crippen MR) is 72.6 cm³/mol. The van der Waals surface area contributed by atoms with E-state index in [9.17, 15) is 5.11 Å². The first kappa shape index (κ1) is 12.4. The molecule has 0 fully saturated rings. The highest BCUT2D eigenvalue weighted by Crippen LogP contribution is 2.47. The Morgan fingerprint density at radius 2 is 1.65 bits per heavy atom. The van der Waals surface area contributed by atoms with Gasteiger partial charge < -0.3 is 5.11 Å². The lowest BCUT2D eigenvalue weighted by Crippen LogP contribution is -2.43. The number of hydrogen-bond donors (Lipinski definition) is 1. The summed E-state index contributed by atoms with van der Waals surface area (Å²) in [5.74, 6) is 0. The van der Waals surface area contributed by atoms with E-state index < -0.39 is 0 Å². The second-order valence-corrected chi connectivity index (χ2v) is 6.42. The summed E-state index contributed by atoms with van der Waals surface area (Å²) >= 11 is 0. The second kappa shape index (κ2) is 3.99. The minimum atomic E-state index is -0.289. The Kier molecular flexibility index (Phi) is 2.90. The average molecular weight is 230 g/mol. The molecule has 0 saturated heterocycles. The van der Waals surface area contributed by atoms with Gasteiger partial charge in [-0.15, -0.1) is 0 Å². The van der Waals surface area contributed by atoms with Crippen LogP contribution in [0.5, 0.6) is 0 Å². The van der Waals surface area contributed by atoms with Gasteiger partial charge in [-0.2, -0.15) is 0 Å². The lowest BCUT2D eigenvalue weighted by Gasteiger charge is -2.44. The molecule has 2 rings (SSSR count). The summed E-state index contributed by atoms with van der Waals surface area (Å²) in [6.07, 6.45) is 2.88.